The highest BCUT2D eigenvalue weighted by Gasteiger charge is 2.40. The number of aromatic nitrogens is 1. The lowest BCUT2D eigenvalue weighted by Crippen LogP contribution is -2.34. The normalized spacial score (nSPS) is 22.1. The maximum atomic E-state index is 2.66. The van der Waals surface area contributed by atoms with E-state index in [2.05, 4.69) is 72.0 Å². The van der Waals surface area contributed by atoms with Crippen LogP contribution in [0.1, 0.15) is 47.7 Å². The van der Waals surface area contributed by atoms with Crippen LogP contribution < -0.4 is 0 Å². The van der Waals surface area contributed by atoms with Crippen molar-refractivity contribution in [3.63, 3.8) is 0 Å². The van der Waals surface area contributed by atoms with Gasteiger partial charge >= 0.3 is 0 Å². The van der Waals surface area contributed by atoms with E-state index in [1.807, 2.05) is 0 Å². The standard InChI is InChI=1S/C24H28N2/c1-17-10-12-21-20(15-17)24-22-13-11-19(25(22)2)16-23(24)26(21)14-6-9-18-7-4-3-5-8-18/h3-5,7-8,10,12,15,19,22H,6,9,11,13-14,16H2,1-2H3. The van der Waals surface area contributed by atoms with Crippen LogP contribution >= 0.6 is 0 Å². The van der Waals surface area contributed by atoms with Crippen molar-refractivity contribution in [2.24, 2.45) is 0 Å². The van der Waals surface area contributed by atoms with E-state index >= 15 is 0 Å². The molecule has 3 heterocycles. The zero-order chi connectivity index (χ0) is 17.7. The van der Waals surface area contributed by atoms with Crippen LogP contribution in [-0.2, 0) is 19.4 Å². The van der Waals surface area contributed by atoms with Gasteiger partial charge < -0.3 is 4.57 Å². The highest BCUT2D eigenvalue weighted by Crippen LogP contribution is 2.47. The molecule has 0 radical (unpaired) electrons. The SMILES string of the molecule is Cc1ccc2c(c1)c1c(n2CCCc2ccccc2)CC2CCC1N2C. The summed E-state index contributed by atoms with van der Waals surface area (Å²) in [7, 11) is 2.33. The van der Waals surface area contributed by atoms with E-state index in [0.29, 0.717) is 6.04 Å². The summed E-state index contributed by atoms with van der Waals surface area (Å²) in [6.45, 7) is 3.36. The summed E-state index contributed by atoms with van der Waals surface area (Å²) in [5, 5.41) is 1.51. The van der Waals surface area contributed by atoms with Gasteiger partial charge in [-0.25, -0.2) is 0 Å². The molecule has 2 nitrogen and oxygen atoms in total. The topological polar surface area (TPSA) is 8.17 Å². The van der Waals surface area contributed by atoms with Gasteiger partial charge in [0.15, 0.2) is 0 Å². The summed E-state index contributed by atoms with van der Waals surface area (Å²) < 4.78 is 2.66. The Balaban J connectivity index is 1.52. The molecule has 3 aromatic rings. The second kappa shape index (κ2) is 6.28. The Morgan fingerprint density at radius 3 is 2.73 bits per heavy atom. The zero-order valence-electron chi connectivity index (χ0n) is 15.9. The average Bonchev–Trinajstić information content (AvgIpc) is 3.06. The van der Waals surface area contributed by atoms with Gasteiger partial charge in [0.2, 0.25) is 0 Å². The first-order valence-electron chi connectivity index (χ1n) is 10.1. The monoisotopic (exact) mass is 344 g/mol. The largest absolute Gasteiger partial charge is 0.344 e. The summed E-state index contributed by atoms with van der Waals surface area (Å²) in [5.41, 5.74) is 7.55. The Bertz CT molecular complexity index is 938. The van der Waals surface area contributed by atoms with E-state index in [1.54, 1.807) is 11.3 Å². The van der Waals surface area contributed by atoms with Crippen molar-refractivity contribution in [1.82, 2.24) is 9.47 Å². The molecule has 1 saturated heterocycles. The summed E-state index contributed by atoms with van der Waals surface area (Å²) in [5.74, 6) is 0. The van der Waals surface area contributed by atoms with Crippen molar-refractivity contribution >= 4 is 10.9 Å². The third kappa shape index (κ3) is 2.51. The van der Waals surface area contributed by atoms with Crippen molar-refractivity contribution in [3.8, 4) is 0 Å². The Morgan fingerprint density at radius 2 is 1.88 bits per heavy atom. The molecule has 26 heavy (non-hydrogen) atoms. The van der Waals surface area contributed by atoms with Crippen molar-refractivity contribution in [2.75, 3.05) is 7.05 Å². The van der Waals surface area contributed by atoms with Gasteiger partial charge in [0.05, 0.1) is 0 Å². The second-order valence-electron chi connectivity index (χ2n) is 8.24. The molecule has 1 aromatic heterocycles. The molecule has 134 valence electrons. The lowest BCUT2D eigenvalue weighted by atomic mass is 9.97. The molecule has 0 N–H and O–H groups in total. The number of likely N-dealkylation sites (N-methyl/N-ethyl adjacent to an activating group) is 1. The fourth-order valence-electron chi connectivity index (χ4n) is 5.31. The molecule has 2 aliphatic rings. The predicted octanol–water partition coefficient (Wildman–Crippen LogP) is 5.27. The number of aryl methyl sites for hydroxylation is 3. The molecule has 2 atom stereocenters. The number of nitrogens with zero attached hydrogens (tertiary/aromatic N) is 2. The molecule has 0 saturated carbocycles. The fourth-order valence-corrected chi connectivity index (χ4v) is 5.31. The minimum atomic E-state index is 0.628. The van der Waals surface area contributed by atoms with Crippen LogP contribution in [0.5, 0.6) is 0 Å². The predicted molar refractivity (Wildman–Crippen MR) is 109 cm³/mol. The molecule has 2 bridgehead atoms. The van der Waals surface area contributed by atoms with E-state index < -0.39 is 0 Å². The Hall–Kier alpha value is -2.06. The molecule has 2 aromatic carbocycles. The number of hydrogen-bond acceptors (Lipinski definition) is 1. The molecule has 1 fully saturated rings. The molecule has 0 amide bonds. The minimum absolute atomic E-state index is 0.628. The smallest absolute Gasteiger partial charge is 0.0486 e. The highest BCUT2D eigenvalue weighted by molar-refractivity contribution is 5.87. The fraction of sp³-hybridized carbons (Fsp3) is 0.417. The van der Waals surface area contributed by atoms with Crippen LogP contribution in [0.25, 0.3) is 10.9 Å². The van der Waals surface area contributed by atoms with Crippen LogP contribution in [0.15, 0.2) is 48.5 Å². The third-order valence-electron chi connectivity index (χ3n) is 6.66. The zero-order valence-corrected chi connectivity index (χ0v) is 15.9. The number of benzene rings is 2. The van der Waals surface area contributed by atoms with Gasteiger partial charge in [-0.15, -0.1) is 0 Å². The molecule has 0 spiro atoms. The van der Waals surface area contributed by atoms with Crippen LogP contribution in [0, 0.1) is 6.92 Å². The Labute approximate surface area is 156 Å². The molecular weight excluding hydrogens is 316 g/mol. The lowest BCUT2D eigenvalue weighted by Gasteiger charge is -2.32. The van der Waals surface area contributed by atoms with E-state index in [9.17, 15) is 0 Å². The Kier molecular flexibility index (Phi) is 3.90. The van der Waals surface area contributed by atoms with Crippen molar-refractivity contribution in [1.29, 1.82) is 0 Å². The van der Waals surface area contributed by atoms with Gasteiger partial charge in [-0.3, -0.25) is 4.90 Å². The van der Waals surface area contributed by atoms with Crippen LogP contribution in [0.4, 0.5) is 0 Å². The molecule has 0 aliphatic carbocycles. The van der Waals surface area contributed by atoms with Crippen molar-refractivity contribution < 1.29 is 0 Å². The van der Waals surface area contributed by atoms with Gasteiger partial charge in [-0.1, -0.05) is 42.0 Å². The van der Waals surface area contributed by atoms with Crippen LogP contribution in [0.3, 0.4) is 0 Å². The first-order valence-corrected chi connectivity index (χ1v) is 10.1. The lowest BCUT2D eigenvalue weighted by molar-refractivity contribution is 0.222. The Morgan fingerprint density at radius 1 is 1.04 bits per heavy atom. The van der Waals surface area contributed by atoms with Gasteiger partial charge in [-0.2, -0.15) is 0 Å². The quantitative estimate of drug-likeness (QED) is 0.625. The first kappa shape index (κ1) is 16.1. The van der Waals surface area contributed by atoms with E-state index in [4.69, 9.17) is 0 Å². The molecule has 2 aliphatic heterocycles. The van der Waals surface area contributed by atoms with Gasteiger partial charge in [0.1, 0.15) is 0 Å². The average molecular weight is 345 g/mol. The van der Waals surface area contributed by atoms with Crippen LogP contribution in [0.2, 0.25) is 0 Å². The van der Waals surface area contributed by atoms with Crippen molar-refractivity contribution in [2.45, 2.75) is 57.7 Å². The number of rotatable bonds is 4. The first-order chi connectivity index (χ1) is 12.7. The third-order valence-corrected chi connectivity index (χ3v) is 6.66. The summed E-state index contributed by atoms with van der Waals surface area (Å²) >= 11 is 0. The highest BCUT2D eigenvalue weighted by atomic mass is 15.2. The molecule has 2 heteroatoms. The minimum Gasteiger partial charge on any atom is -0.344 e. The van der Waals surface area contributed by atoms with Crippen LogP contribution in [-0.4, -0.2) is 22.6 Å². The summed E-state index contributed by atoms with van der Waals surface area (Å²) in [6.07, 6.45) is 6.27. The number of fused-ring (bicyclic) bond motifs is 6. The van der Waals surface area contributed by atoms with E-state index in [0.717, 1.165) is 19.0 Å². The van der Waals surface area contributed by atoms with Gasteiger partial charge in [0, 0.05) is 41.6 Å². The van der Waals surface area contributed by atoms with Gasteiger partial charge in [-0.05, 0) is 62.9 Å². The van der Waals surface area contributed by atoms with E-state index in [1.165, 1.54) is 47.7 Å². The molecule has 5 rings (SSSR count). The molecule has 2 unspecified atom stereocenters. The second-order valence-corrected chi connectivity index (χ2v) is 8.24. The van der Waals surface area contributed by atoms with Gasteiger partial charge in [0.25, 0.3) is 0 Å². The maximum Gasteiger partial charge on any atom is 0.0486 e. The summed E-state index contributed by atoms with van der Waals surface area (Å²) in [6, 6.07) is 19.3. The number of hydrogen-bond donors (Lipinski definition) is 0. The summed E-state index contributed by atoms with van der Waals surface area (Å²) in [4.78, 5) is 2.64. The maximum absolute atomic E-state index is 2.66. The molecular formula is C24H28N2. The van der Waals surface area contributed by atoms with Crippen molar-refractivity contribution in [3.05, 3.63) is 70.9 Å². The van der Waals surface area contributed by atoms with E-state index in [-0.39, 0.29) is 0 Å².